The third-order valence-corrected chi connectivity index (χ3v) is 7.40. The zero-order valence-electron chi connectivity index (χ0n) is 19.0. The zero-order chi connectivity index (χ0) is 21.6. The molecule has 1 aromatic carbocycles. The van der Waals surface area contributed by atoms with Gasteiger partial charge in [0.15, 0.2) is 0 Å². The molecular weight excluding hydrogens is 388 g/mol. The van der Waals surface area contributed by atoms with E-state index in [1.54, 1.807) is 0 Å². The van der Waals surface area contributed by atoms with Crippen molar-refractivity contribution >= 4 is 11.9 Å². The Bertz CT molecular complexity index is 728. The van der Waals surface area contributed by atoms with Crippen molar-refractivity contribution in [2.75, 3.05) is 45.8 Å². The summed E-state index contributed by atoms with van der Waals surface area (Å²) in [7, 11) is 0. The summed E-state index contributed by atoms with van der Waals surface area (Å²) in [5.41, 5.74) is 2.10. The largest absolute Gasteiger partial charge is 0.338 e. The third kappa shape index (κ3) is 5.59. The molecule has 2 aliphatic heterocycles. The topological polar surface area (TPSA) is 55.9 Å². The molecule has 1 saturated carbocycles. The van der Waals surface area contributed by atoms with Gasteiger partial charge in [-0.2, -0.15) is 0 Å². The van der Waals surface area contributed by atoms with Crippen LogP contribution in [0.5, 0.6) is 0 Å². The van der Waals surface area contributed by atoms with Crippen LogP contribution in [0, 0.1) is 5.92 Å². The average Bonchev–Trinajstić information content (AvgIpc) is 3.35. The number of hydrogen-bond donors (Lipinski definition) is 1. The summed E-state index contributed by atoms with van der Waals surface area (Å²) in [5.74, 6) is 0.781. The van der Waals surface area contributed by atoms with Crippen molar-refractivity contribution in [3.63, 3.8) is 0 Å². The quantitative estimate of drug-likeness (QED) is 0.785. The molecule has 1 N–H and O–H groups in total. The number of nitrogens with one attached hydrogen (secondary N) is 1. The van der Waals surface area contributed by atoms with Gasteiger partial charge in [0.05, 0.1) is 0 Å². The van der Waals surface area contributed by atoms with E-state index < -0.39 is 0 Å². The molecule has 2 heterocycles. The van der Waals surface area contributed by atoms with Crippen molar-refractivity contribution in [2.45, 2.75) is 57.9 Å². The van der Waals surface area contributed by atoms with Gasteiger partial charge in [-0.3, -0.25) is 9.69 Å². The molecule has 0 bridgehead atoms. The van der Waals surface area contributed by atoms with E-state index in [0.717, 1.165) is 70.1 Å². The molecule has 1 aromatic rings. The number of urea groups is 1. The first-order valence-electron chi connectivity index (χ1n) is 12.3. The molecule has 4 rings (SSSR count). The molecule has 1 aliphatic carbocycles. The van der Waals surface area contributed by atoms with Crippen LogP contribution in [0.25, 0.3) is 0 Å². The second kappa shape index (κ2) is 10.5. The highest BCUT2D eigenvalue weighted by Gasteiger charge is 2.28. The van der Waals surface area contributed by atoms with Gasteiger partial charge in [0.25, 0.3) is 5.91 Å². The molecule has 0 aromatic heterocycles. The molecule has 2 saturated heterocycles. The Kier molecular flexibility index (Phi) is 7.49. The number of amides is 3. The molecule has 31 heavy (non-hydrogen) atoms. The van der Waals surface area contributed by atoms with E-state index in [1.165, 1.54) is 31.2 Å². The predicted molar refractivity (Wildman–Crippen MR) is 123 cm³/mol. The van der Waals surface area contributed by atoms with Crippen LogP contribution in [0.3, 0.4) is 0 Å². The lowest BCUT2D eigenvalue weighted by Gasteiger charge is -2.38. The maximum absolute atomic E-state index is 12.9. The molecule has 3 aliphatic rings. The van der Waals surface area contributed by atoms with Crippen LogP contribution in [0.2, 0.25) is 0 Å². The van der Waals surface area contributed by atoms with Gasteiger partial charge in [-0.05, 0) is 62.6 Å². The van der Waals surface area contributed by atoms with E-state index >= 15 is 0 Å². The Morgan fingerprint density at radius 1 is 0.871 bits per heavy atom. The van der Waals surface area contributed by atoms with Gasteiger partial charge in [0.2, 0.25) is 0 Å². The Labute approximate surface area is 187 Å². The number of piperazine rings is 1. The number of rotatable bonds is 5. The number of carbonyl (C=O) groups excluding carboxylic acids is 2. The van der Waals surface area contributed by atoms with Crippen LogP contribution in [-0.4, -0.2) is 78.5 Å². The van der Waals surface area contributed by atoms with Crippen molar-refractivity contribution < 1.29 is 9.59 Å². The smallest absolute Gasteiger partial charge is 0.317 e. The highest BCUT2D eigenvalue weighted by Crippen LogP contribution is 2.25. The van der Waals surface area contributed by atoms with E-state index in [-0.39, 0.29) is 11.9 Å². The molecule has 0 unspecified atom stereocenters. The lowest BCUT2D eigenvalue weighted by atomic mass is 9.90. The Hall–Kier alpha value is -2.08. The van der Waals surface area contributed by atoms with Crippen molar-refractivity contribution in [3.05, 3.63) is 35.4 Å². The van der Waals surface area contributed by atoms with Crippen LogP contribution < -0.4 is 5.32 Å². The van der Waals surface area contributed by atoms with Gasteiger partial charge < -0.3 is 15.1 Å². The summed E-state index contributed by atoms with van der Waals surface area (Å²) in [5, 5.41) is 2.89. The first-order valence-corrected chi connectivity index (χ1v) is 12.3. The number of benzene rings is 1. The maximum Gasteiger partial charge on any atom is 0.317 e. The van der Waals surface area contributed by atoms with Gasteiger partial charge in [0, 0.05) is 57.4 Å². The zero-order valence-corrected chi connectivity index (χ0v) is 19.0. The molecule has 6 nitrogen and oxygen atoms in total. The lowest BCUT2D eigenvalue weighted by Crippen LogP contribution is -2.51. The fourth-order valence-electron chi connectivity index (χ4n) is 5.46. The van der Waals surface area contributed by atoms with Crippen molar-refractivity contribution in [1.82, 2.24) is 20.0 Å². The van der Waals surface area contributed by atoms with Gasteiger partial charge >= 0.3 is 6.03 Å². The molecule has 6 heteroatoms. The number of hydrogen-bond acceptors (Lipinski definition) is 3. The minimum atomic E-state index is 0.0629. The van der Waals surface area contributed by atoms with Crippen LogP contribution in [0.15, 0.2) is 24.3 Å². The van der Waals surface area contributed by atoms with E-state index in [1.807, 2.05) is 28.9 Å². The Morgan fingerprint density at radius 3 is 2.13 bits per heavy atom. The summed E-state index contributed by atoms with van der Waals surface area (Å²) in [6.07, 6.45) is 8.51. The Balaban J connectivity index is 1.23. The van der Waals surface area contributed by atoms with Gasteiger partial charge in [0.1, 0.15) is 0 Å². The first-order chi connectivity index (χ1) is 15.1. The second-order valence-electron chi connectivity index (χ2n) is 9.43. The van der Waals surface area contributed by atoms with Crippen molar-refractivity contribution in [2.24, 2.45) is 5.92 Å². The van der Waals surface area contributed by atoms with Gasteiger partial charge in [-0.1, -0.05) is 25.0 Å². The fourth-order valence-corrected chi connectivity index (χ4v) is 5.46. The second-order valence-corrected chi connectivity index (χ2v) is 9.43. The van der Waals surface area contributed by atoms with Crippen molar-refractivity contribution in [1.29, 1.82) is 0 Å². The minimum Gasteiger partial charge on any atom is -0.338 e. The minimum absolute atomic E-state index is 0.0629. The fraction of sp³-hybridized carbons (Fsp3) is 0.680. The summed E-state index contributed by atoms with van der Waals surface area (Å²) in [6.45, 7) is 8.03. The standard InChI is InChI=1S/C25H38N4O2/c1-2-26-25(31)29-13-11-21(12-14-29)19-20-7-9-22(10-8-20)24(30)28-17-15-27(16-18-28)23-5-3-4-6-23/h7-10,21,23H,2-6,11-19H2,1H3,(H,26,31). The summed E-state index contributed by atoms with van der Waals surface area (Å²) in [4.78, 5) is 31.4. The monoisotopic (exact) mass is 426 g/mol. The van der Waals surface area contributed by atoms with E-state index in [0.29, 0.717) is 12.5 Å². The molecule has 170 valence electrons. The van der Waals surface area contributed by atoms with Crippen molar-refractivity contribution in [3.8, 4) is 0 Å². The summed E-state index contributed by atoms with van der Waals surface area (Å²) in [6, 6.07) is 9.07. The molecule has 3 amide bonds. The van der Waals surface area contributed by atoms with E-state index in [2.05, 4.69) is 22.3 Å². The maximum atomic E-state index is 12.9. The number of nitrogens with zero attached hydrogens (tertiary/aromatic N) is 3. The first kappa shape index (κ1) is 22.1. The van der Waals surface area contributed by atoms with E-state index in [4.69, 9.17) is 0 Å². The predicted octanol–water partition coefficient (Wildman–Crippen LogP) is 3.37. The highest BCUT2D eigenvalue weighted by molar-refractivity contribution is 5.94. The highest BCUT2D eigenvalue weighted by atomic mass is 16.2. The van der Waals surface area contributed by atoms with Crippen LogP contribution in [0.4, 0.5) is 4.79 Å². The normalized spacial score (nSPS) is 21.5. The lowest BCUT2D eigenvalue weighted by molar-refractivity contribution is 0.0573. The molecule has 0 atom stereocenters. The number of piperidine rings is 1. The van der Waals surface area contributed by atoms with Crippen LogP contribution in [-0.2, 0) is 6.42 Å². The number of carbonyl (C=O) groups is 2. The Morgan fingerprint density at radius 2 is 1.52 bits per heavy atom. The number of likely N-dealkylation sites (tertiary alicyclic amines) is 1. The molecular formula is C25H38N4O2. The summed E-state index contributed by atoms with van der Waals surface area (Å²) < 4.78 is 0. The molecule has 0 radical (unpaired) electrons. The molecule has 3 fully saturated rings. The van der Waals surface area contributed by atoms with Crippen LogP contribution >= 0.6 is 0 Å². The summed E-state index contributed by atoms with van der Waals surface area (Å²) >= 11 is 0. The van der Waals surface area contributed by atoms with Crippen LogP contribution in [0.1, 0.15) is 61.4 Å². The SMILES string of the molecule is CCNC(=O)N1CCC(Cc2ccc(C(=O)N3CCN(C4CCCC4)CC3)cc2)CC1. The third-order valence-electron chi connectivity index (χ3n) is 7.40. The van der Waals surface area contributed by atoms with Gasteiger partial charge in [-0.25, -0.2) is 4.79 Å². The van der Waals surface area contributed by atoms with Gasteiger partial charge in [-0.15, -0.1) is 0 Å². The molecule has 0 spiro atoms. The average molecular weight is 427 g/mol. The van der Waals surface area contributed by atoms with E-state index in [9.17, 15) is 9.59 Å².